The minimum Gasteiger partial charge on any atom is -0.494 e. The Labute approximate surface area is 150 Å². The van der Waals surface area contributed by atoms with E-state index in [2.05, 4.69) is 30.3 Å². The maximum Gasteiger partial charge on any atom is 0.317 e. The fourth-order valence-corrected chi connectivity index (χ4v) is 3.44. The van der Waals surface area contributed by atoms with E-state index in [9.17, 15) is 4.79 Å². The number of benzene rings is 1. The van der Waals surface area contributed by atoms with Crippen molar-refractivity contribution in [2.75, 3.05) is 39.8 Å². The van der Waals surface area contributed by atoms with Gasteiger partial charge in [0.1, 0.15) is 17.6 Å². The van der Waals surface area contributed by atoms with E-state index in [1.54, 1.807) is 0 Å². The largest absolute Gasteiger partial charge is 0.494 e. The van der Waals surface area contributed by atoms with Crippen LogP contribution in [0.1, 0.15) is 31.4 Å². The molecule has 1 aromatic rings. The number of carbonyl (C=O) groups excluding carboxylic acids is 1. The molecule has 2 aliphatic rings. The summed E-state index contributed by atoms with van der Waals surface area (Å²) in [6, 6.07) is 4.07. The van der Waals surface area contributed by atoms with Gasteiger partial charge in [0.15, 0.2) is 0 Å². The van der Waals surface area contributed by atoms with Crippen molar-refractivity contribution in [1.29, 1.82) is 0 Å². The monoisotopic (exact) mass is 347 g/mol. The van der Waals surface area contributed by atoms with E-state index in [1.807, 2.05) is 17.9 Å². The van der Waals surface area contributed by atoms with Crippen molar-refractivity contribution in [3.8, 4) is 11.5 Å². The first-order valence-corrected chi connectivity index (χ1v) is 9.23. The van der Waals surface area contributed by atoms with Crippen LogP contribution < -0.4 is 14.8 Å². The molecule has 25 heavy (non-hydrogen) atoms. The van der Waals surface area contributed by atoms with Gasteiger partial charge in [-0.2, -0.15) is 0 Å². The predicted molar refractivity (Wildman–Crippen MR) is 97.3 cm³/mol. The summed E-state index contributed by atoms with van der Waals surface area (Å²) < 4.78 is 11.6. The van der Waals surface area contributed by atoms with E-state index in [1.165, 1.54) is 5.56 Å². The van der Waals surface area contributed by atoms with Crippen molar-refractivity contribution in [2.24, 2.45) is 0 Å². The molecular weight excluding hydrogens is 318 g/mol. The van der Waals surface area contributed by atoms with Crippen LogP contribution >= 0.6 is 0 Å². The van der Waals surface area contributed by atoms with Crippen LogP contribution in [0.5, 0.6) is 11.5 Å². The van der Waals surface area contributed by atoms with Gasteiger partial charge in [-0.1, -0.05) is 0 Å². The Balaban J connectivity index is 1.65. The molecule has 1 aromatic carbocycles. The van der Waals surface area contributed by atoms with Crippen LogP contribution in [0, 0.1) is 0 Å². The lowest BCUT2D eigenvalue weighted by Crippen LogP contribution is -2.41. The SMILES string of the molecule is CCOc1cc2c(cc1CNC(=O)N1CCCN(C)CC1)O[C@H](C)C2. The highest BCUT2D eigenvalue weighted by Crippen LogP contribution is 2.35. The topological polar surface area (TPSA) is 54.0 Å². The Kier molecular flexibility index (Phi) is 5.68. The van der Waals surface area contributed by atoms with Gasteiger partial charge in [0.05, 0.1) is 6.61 Å². The van der Waals surface area contributed by atoms with Crippen LogP contribution in [-0.4, -0.2) is 61.8 Å². The Morgan fingerprint density at radius 3 is 2.96 bits per heavy atom. The van der Waals surface area contributed by atoms with Gasteiger partial charge < -0.3 is 24.6 Å². The molecule has 2 aliphatic heterocycles. The Morgan fingerprint density at radius 2 is 2.16 bits per heavy atom. The predicted octanol–water partition coefficient (Wildman–Crippen LogP) is 2.26. The van der Waals surface area contributed by atoms with E-state index in [0.717, 1.165) is 56.1 Å². The zero-order valence-corrected chi connectivity index (χ0v) is 15.5. The van der Waals surface area contributed by atoms with Gasteiger partial charge >= 0.3 is 6.03 Å². The molecule has 0 radical (unpaired) electrons. The summed E-state index contributed by atoms with van der Waals surface area (Å²) in [7, 11) is 2.10. The molecule has 1 atom stereocenters. The van der Waals surface area contributed by atoms with Gasteiger partial charge in [0.25, 0.3) is 0 Å². The highest BCUT2D eigenvalue weighted by molar-refractivity contribution is 5.74. The van der Waals surface area contributed by atoms with E-state index in [4.69, 9.17) is 9.47 Å². The number of amides is 2. The summed E-state index contributed by atoms with van der Waals surface area (Å²) >= 11 is 0. The third-order valence-electron chi connectivity index (χ3n) is 4.82. The molecule has 2 heterocycles. The standard InChI is InChI=1S/C19H29N3O3/c1-4-24-17-11-15-10-14(2)25-18(15)12-16(17)13-20-19(23)22-7-5-6-21(3)8-9-22/h11-12,14H,4-10,13H2,1-3H3,(H,20,23)/t14-/m1/s1. The third-order valence-corrected chi connectivity index (χ3v) is 4.82. The van der Waals surface area contributed by atoms with Crippen LogP contribution in [0.2, 0.25) is 0 Å². The van der Waals surface area contributed by atoms with Crippen molar-refractivity contribution in [3.05, 3.63) is 23.3 Å². The number of rotatable bonds is 4. The molecule has 0 spiro atoms. The summed E-state index contributed by atoms with van der Waals surface area (Å²) in [5.74, 6) is 1.76. The molecule has 1 N–H and O–H groups in total. The van der Waals surface area contributed by atoms with Crippen LogP contribution in [0.15, 0.2) is 12.1 Å². The van der Waals surface area contributed by atoms with Crippen molar-refractivity contribution in [2.45, 2.75) is 39.3 Å². The lowest BCUT2D eigenvalue weighted by molar-refractivity contribution is 0.199. The Bertz CT molecular complexity index is 620. The highest BCUT2D eigenvalue weighted by atomic mass is 16.5. The summed E-state index contributed by atoms with van der Waals surface area (Å²) in [4.78, 5) is 16.7. The van der Waals surface area contributed by atoms with Crippen LogP contribution in [-0.2, 0) is 13.0 Å². The average molecular weight is 347 g/mol. The first-order chi connectivity index (χ1) is 12.1. The molecule has 6 heteroatoms. The molecule has 0 bridgehead atoms. The molecule has 1 saturated heterocycles. The summed E-state index contributed by atoms with van der Waals surface area (Å²) in [5.41, 5.74) is 2.15. The lowest BCUT2D eigenvalue weighted by Gasteiger charge is -2.21. The number of likely N-dealkylation sites (N-methyl/N-ethyl adjacent to an activating group) is 1. The number of nitrogens with zero attached hydrogens (tertiary/aromatic N) is 2. The van der Waals surface area contributed by atoms with Gasteiger partial charge in [0.2, 0.25) is 0 Å². The molecule has 0 aromatic heterocycles. The maximum absolute atomic E-state index is 12.5. The van der Waals surface area contributed by atoms with Gasteiger partial charge in [-0.3, -0.25) is 0 Å². The van der Waals surface area contributed by atoms with Gasteiger partial charge in [-0.25, -0.2) is 4.79 Å². The third kappa shape index (κ3) is 4.37. The zero-order valence-electron chi connectivity index (χ0n) is 15.5. The van der Waals surface area contributed by atoms with Gasteiger partial charge in [0, 0.05) is 43.7 Å². The lowest BCUT2D eigenvalue weighted by atomic mass is 10.1. The molecule has 3 rings (SSSR count). The fraction of sp³-hybridized carbons (Fsp3) is 0.632. The Morgan fingerprint density at radius 1 is 1.32 bits per heavy atom. The second-order valence-corrected chi connectivity index (χ2v) is 6.94. The normalized spacial score (nSPS) is 20.6. The quantitative estimate of drug-likeness (QED) is 0.908. The molecule has 0 unspecified atom stereocenters. The molecular formula is C19H29N3O3. The number of hydrogen-bond donors (Lipinski definition) is 1. The molecule has 0 saturated carbocycles. The number of nitrogens with one attached hydrogen (secondary N) is 1. The smallest absolute Gasteiger partial charge is 0.317 e. The van der Waals surface area contributed by atoms with Crippen LogP contribution in [0.3, 0.4) is 0 Å². The maximum atomic E-state index is 12.5. The minimum atomic E-state index is -0.00691. The van der Waals surface area contributed by atoms with Crippen molar-refractivity contribution >= 4 is 6.03 Å². The average Bonchev–Trinajstić information content (AvgIpc) is 2.79. The second-order valence-electron chi connectivity index (χ2n) is 6.94. The van der Waals surface area contributed by atoms with E-state index < -0.39 is 0 Å². The molecule has 1 fully saturated rings. The molecule has 6 nitrogen and oxygen atoms in total. The summed E-state index contributed by atoms with van der Waals surface area (Å²) in [6.45, 7) is 8.63. The first kappa shape index (κ1) is 17.9. The zero-order chi connectivity index (χ0) is 17.8. The van der Waals surface area contributed by atoms with E-state index in [-0.39, 0.29) is 12.1 Å². The number of fused-ring (bicyclic) bond motifs is 1. The Hall–Kier alpha value is -1.95. The van der Waals surface area contributed by atoms with Crippen molar-refractivity contribution in [1.82, 2.24) is 15.1 Å². The summed E-state index contributed by atoms with van der Waals surface area (Å²) in [5, 5.41) is 3.05. The fourth-order valence-electron chi connectivity index (χ4n) is 3.44. The van der Waals surface area contributed by atoms with Gasteiger partial charge in [-0.15, -0.1) is 0 Å². The van der Waals surface area contributed by atoms with E-state index in [0.29, 0.717) is 13.2 Å². The first-order valence-electron chi connectivity index (χ1n) is 9.23. The summed E-state index contributed by atoms with van der Waals surface area (Å²) in [6.07, 6.45) is 2.12. The number of hydrogen-bond acceptors (Lipinski definition) is 4. The van der Waals surface area contributed by atoms with E-state index >= 15 is 0 Å². The number of urea groups is 1. The molecule has 2 amide bonds. The van der Waals surface area contributed by atoms with Crippen molar-refractivity contribution in [3.63, 3.8) is 0 Å². The molecule has 0 aliphatic carbocycles. The van der Waals surface area contributed by atoms with Crippen molar-refractivity contribution < 1.29 is 14.3 Å². The highest BCUT2D eigenvalue weighted by Gasteiger charge is 2.23. The van der Waals surface area contributed by atoms with Crippen LogP contribution in [0.4, 0.5) is 4.79 Å². The number of carbonyl (C=O) groups is 1. The number of ether oxygens (including phenoxy) is 2. The second kappa shape index (κ2) is 7.95. The minimum absolute atomic E-state index is 0.00691. The van der Waals surface area contributed by atoms with Gasteiger partial charge in [-0.05, 0) is 46.0 Å². The van der Waals surface area contributed by atoms with Crippen LogP contribution in [0.25, 0.3) is 0 Å². The molecule has 138 valence electrons.